The topological polar surface area (TPSA) is 44.4 Å². The number of nitrogens with one attached hydrogen (secondary N) is 2. The van der Waals surface area contributed by atoms with E-state index in [0.29, 0.717) is 19.1 Å². The summed E-state index contributed by atoms with van der Waals surface area (Å²) >= 11 is 0. The molecule has 0 aliphatic carbocycles. The Morgan fingerprint density at radius 3 is 2.58 bits per heavy atom. The van der Waals surface area contributed by atoms with Crippen molar-refractivity contribution in [1.29, 1.82) is 0 Å². The van der Waals surface area contributed by atoms with E-state index in [1.54, 1.807) is 7.05 Å². The Balaban J connectivity index is 2.00. The van der Waals surface area contributed by atoms with E-state index in [9.17, 15) is 4.79 Å². The summed E-state index contributed by atoms with van der Waals surface area (Å²) < 4.78 is 0. The Hall–Kier alpha value is -1.39. The lowest BCUT2D eigenvalue weighted by Gasteiger charge is -2.28. The van der Waals surface area contributed by atoms with Crippen molar-refractivity contribution >= 4 is 5.91 Å². The Kier molecular flexibility index (Phi) is 5.36. The van der Waals surface area contributed by atoms with Crippen LogP contribution in [0.15, 0.2) is 30.3 Å². The molecule has 1 amide bonds. The smallest absolute Gasteiger partial charge is 0.234 e. The van der Waals surface area contributed by atoms with Gasteiger partial charge < -0.3 is 10.6 Å². The number of likely N-dealkylation sites (tertiary alicyclic amines) is 1. The first-order chi connectivity index (χ1) is 9.31. The Morgan fingerprint density at radius 1 is 1.26 bits per heavy atom. The third kappa shape index (κ3) is 4.04. The second-order valence-electron chi connectivity index (χ2n) is 5.00. The Morgan fingerprint density at radius 2 is 1.95 bits per heavy atom. The van der Waals surface area contributed by atoms with Gasteiger partial charge >= 0.3 is 0 Å². The number of hydrogen-bond donors (Lipinski definition) is 2. The van der Waals surface area contributed by atoms with Crippen molar-refractivity contribution in [2.24, 2.45) is 0 Å². The van der Waals surface area contributed by atoms with Crippen LogP contribution in [0, 0.1) is 0 Å². The molecule has 2 rings (SSSR count). The molecular formula is C15H23N3O. The van der Waals surface area contributed by atoms with Gasteiger partial charge in [0.2, 0.25) is 5.91 Å². The molecule has 1 aliphatic rings. The highest BCUT2D eigenvalue weighted by Crippen LogP contribution is 2.24. The SMILES string of the molecule is CNCC(=O)NCC(c1ccccc1)N1CCCC1. The molecule has 2 N–H and O–H groups in total. The quantitative estimate of drug-likeness (QED) is 0.807. The van der Waals surface area contributed by atoms with Crippen LogP contribution >= 0.6 is 0 Å². The van der Waals surface area contributed by atoms with Crippen LogP contribution in [0.5, 0.6) is 0 Å². The standard InChI is InChI=1S/C15H23N3O/c1-16-12-15(19)17-11-14(18-9-5-6-10-18)13-7-3-2-4-8-13/h2-4,7-8,14,16H,5-6,9-12H2,1H3,(H,17,19). The van der Waals surface area contributed by atoms with Crippen molar-refractivity contribution in [3.63, 3.8) is 0 Å². The highest BCUT2D eigenvalue weighted by molar-refractivity contribution is 5.77. The van der Waals surface area contributed by atoms with Gasteiger partial charge in [-0.3, -0.25) is 9.69 Å². The number of carbonyl (C=O) groups excluding carboxylic acids is 1. The molecule has 1 aromatic carbocycles. The van der Waals surface area contributed by atoms with Crippen molar-refractivity contribution in [2.75, 3.05) is 33.2 Å². The van der Waals surface area contributed by atoms with Crippen LogP contribution in [0.3, 0.4) is 0 Å². The molecule has 19 heavy (non-hydrogen) atoms. The molecule has 0 radical (unpaired) electrons. The Labute approximate surface area is 115 Å². The first-order valence-electron chi connectivity index (χ1n) is 7.01. The molecule has 104 valence electrons. The minimum atomic E-state index is 0.0580. The summed E-state index contributed by atoms with van der Waals surface area (Å²) in [4.78, 5) is 14.1. The van der Waals surface area contributed by atoms with Crippen molar-refractivity contribution in [1.82, 2.24) is 15.5 Å². The molecule has 1 aromatic rings. The maximum atomic E-state index is 11.6. The number of amides is 1. The largest absolute Gasteiger partial charge is 0.353 e. The fourth-order valence-electron chi connectivity index (χ4n) is 2.62. The predicted molar refractivity (Wildman–Crippen MR) is 76.9 cm³/mol. The highest BCUT2D eigenvalue weighted by Gasteiger charge is 2.23. The molecule has 0 aromatic heterocycles. The summed E-state index contributed by atoms with van der Waals surface area (Å²) in [6, 6.07) is 10.7. The number of carbonyl (C=O) groups is 1. The van der Waals surface area contributed by atoms with E-state index in [0.717, 1.165) is 13.1 Å². The lowest BCUT2D eigenvalue weighted by Crippen LogP contribution is -2.39. The van der Waals surface area contributed by atoms with Gasteiger partial charge in [0.1, 0.15) is 0 Å². The van der Waals surface area contributed by atoms with E-state index in [1.165, 1.54) is 18.4 Å². The number of likely N-dealkylation sites (N-methyl/N-ethyl adjacent to an activating group) is 1. The van der Waals surface area contributed by atoms with Crippen molar-refractivity contribution in [3.8, 4) is 0 Å². The van der Waals surface area contributed by atoms with Crippen LogP contribution in [0.1, 0.15) is 24.4 Å². The summed E-state index contributed by atoms with van der Waals surface area (Å²) in [6.45, 7) is 3.31. The van der Waals surface area contributed by atoms with Gasteiger partial charge in [-0.1, -0.05) is 30.3 Å². The molecule has 1 atom stereocenters. The van der Waals surface area contributed by atoms with E-state index in [1.807, 2.05) is 6.07 Å². The zero-order valence-electron chi connectivity index (χ0n) is 11.6. The van der Waals surface area contributed by atoms with Crippen LogP contribution in [0.25, 0.3) is 0 Å². The van der Waals surface area contributed by atoms with E-state index in [4.69, 9.17) is 0 Å². The zero-order valence-corrected chi connectivity index (χ0v) is 11.6. The van der Waals surface area contributed by atoms with Crippen LogP contribution in [0.4, 0.5) is 0 Å². The molecule has 1 saturated heterocycles. The maximum Gasteiger partial charge on any atom is 0.234 e. The average molecular weight is 261 g/mol. The van der Waals surface area contributed by atoms with Crippen LogP contribution < -0.4 is 10.6 Å². The number of hydrogen-bond acceptors (Lipinski definition) is 3. The van der Waals surface area contributed by atoms with Gasteiger partial charge in [0.25, 0.3) is 0 Å². The van der Waals surface area contributed by atoms with Gasteiger partial charge in [0, 0.05) is 6.54 Å². The Bertz CT molecular complexity index is 388. The van der Waals surface area contributed by atoms with Crippen LogP contribution in [0.2, 0.25) is 0 Å². The first-order valence-corrected chi connectivity index (χ1v) is 7.01. The summed E-state index contributed by atoms with van der Waals surface area (Å²) in [6.07, 6.45) is 2.52. The number of benzene rings is 1. The molecule has 4 nitrogen and oxygen atoms in total. The van der Waals surface area contributed by atoms with Gasteiger partial charge in [-0.15, -0.1) is 0 Å². The molecule has 1 heterocycles. The first kappa shape index (κ1) is 14.0. The van der Waals surface area contributed by atoms with Crippen molar-refractivity contribution < 1.29 is 4.79 Å². The molecule has 1 aliphatic heterocycles. The van der Waals surface area contributed by atoms with E-state index in [2.05, 4.69) is 39.8 Å². The van der Waals surface area contributed by atoms with E-state index < -0.39 is 0 Å². The summed E-state index contributed by atoms with van der Waals surface area (Å²) in [5.41, 5.74) is 1.29. The molecule has 1 fully saturated rings. The molecule has 0 spiro atoms. The number of nitrogens with zero attached hydrogens (tertiary/aromatic N) is 1. The summed E-state index contributed by atoms with van der Waals surface area (Å²) in [5.74, 6) is 0.0580. The average Bonchev–Trinajstić information content (AvgIpc) is 2.94. The van der Waals surface area contributed by atoms with Crippen molar-refractivity contribution in [3.05, 3.63) is 35.9 Å². The van der Waals surface area contributed by atoms with Gasteiger partial charge in [-0.25, -0.2) is 0 Å². The van der Waals surface area contributed by atoms with E-state index in [-0.39, 0.29) is 5.91 Å². The predicted octanol–water partition coefficient (Wildman–Crippen LogP) is 1.16. The van der Waals surface area contributed by atoms with Crippen LogP contribution in [-0.2, 0) is 4.79 Å². The summed E-state index contributed by atoms with van der Waals surface area (Å²) in [5, 5.41) is 5.89. The maximum absolute atomic E-state index is 11.6. The van der Waals surface area contributed by atoms with Crippen LogP contribution in [-0.4, -0.2) is 44.0 Å². The monoisotopic (exact) mass is 261 g/mol. The molecule has 0 bridgehead atoms. The fourth-order valence-corrected chi connectivity index (χ4v) is 2.62. The number of rotatable bonds is 6. The van der Waals surface area contributed by atoms with Gasteiger partial charge in [-0.2, -0.15) is 0 Å². The van der Waals surface area contributed by atoms with Gasteiger partial charge in [0.15, 0.2) is 0 Å². The summed E-state index contributed by atoms with van der Waals surface area (Å²) in [7, 11) is 1.79. The van der Waals surface area contributed by atoms with Crippen molar-refractivity contribution in [2.45, 2.75) is 18.9 Å². The third-order valence-corrected chi connectivity index (χ3v) is 3.60. The minimum absolute atomic E-state index is 0.0580. The van der Waals surface area contributed by atoms with Gasteiger partial charge in [0.05, 0.1) is 12.6 Å². The molecule has 0 saturated carbocycles. The van der Waals surface area contributed by atoms with Gasteiger partial charge in [-0.05, 0) is 38.5 Å². The lowest BCUT2D eigenvalue weighted by molar-refractivity contribution is -0.120. The van der Waals surface area contributed by atoms with E-state index >= 15 is 0 Å². The molecule has 1 unspecified atom stereocenters. The highest BCUT2D eigenvalue weighted by atomic mass is 16.1. The fraction of sp³-hybridized carbons (Fsp3) is 0.533. The minimum Gasteiger partial charge on any atom is -0.353 e. The zero-order chi connectivity index (χ0) is 13.5. The molecule has 4 heteroatoms. The lowest BCUT2D eigenvalue weighted by atomic mass is 10.1. The second kappa shape index (κ2) is 7.26. The second-order valence-corrected chi connectivity index (χ2v) is 5.00. The third-order valence-electron chi connectivity index (χ3n) is 3.60. The molecular weight excluding hydrogens is 238 g/mol. The normalized spacial score (nSPS) is 17.3.